The predicted molar refractivity (Wildman–Crippen MR) is 103 cm³/mol. The third-order valence-electron chi connectivity index (χ3n) is 3.84. The van der Waals surface area contributed by atoms with Crippen LogP contribution in [0.15, 0.2) is 17.0 Å². The topological polar surface area (TPSA) is 101 Å². The monoisotopic (exact) mass is 450 g/mol. The minimum absolute atomic E-state index is 0.0128. The summed E-state index contributed by atoms with van der Waals surface area (Å²) in [5.41, 5.74) is -0.0128. The maximum absolute atomic E-state index is 12.9. The second-order valence-corrected chi connectivity index (χ2v) is 9.37. The van der Waals surface area contributed by atoms with Crippen LogP contribution in [0.4, 0.5) is 5.13 Å². The highest BCUT2D eigenvalue weighted by molar-refractivity contribution is 7.89. The molecule has 1 N–H and O–H groups in total. The summed E-state index contributed by atoms with van der Waals surface area (Å²) in [7, 11) is -3.88. The SMILES string of the molecule is CCc1nnc(NC(=O)c2cc(S(=O)(=O)N3CCOCC3)c(Cl)cc2Cl)s1. The van der Waals surface area contributed by atoms with Crippen molar-refractivity contribution in [1.82, 2.24) is 14.5 Å². The zero-order valence-corrected chi connectivity index (χ0v) is 17.4. The largest absolute Gasteiger partial charge is 0.379 e. The molecule has 0 atom stereocenters. The fraction of sp³-hybridized carbons (Fsp3) is 0.400. The first-order valence-corrected chi connectivity index (χ1v) is 11.0. The molecule has 27 heavy (non-hydrogen) atoms. The summed E-state index contributed by atoms with van der Waals surface area (Å²) < 4.78 is 32.2. The number of rotatable bonds is 5. The van der Waals surface area contributed by atoms with Gasteiger partial charge in [-0.1, -0.05) is 41.5 Å². The standard InChI is InChI=1S/C15H16Cl2N4O4S2/c1-2-13-19-20-15(26-13)18-14(22)9-7-12(11(17)8-10(9)16)27(23,24)21-3-5-25-6-4-21/h7-8H,2-6H2,1H3,(H,18,20,22). The minimum Gasteiger partial charge on any atom is -0.379 e. The van der Waals surface area contributed by atoms with Gasteiger partial charge in [0.1, 0.15) is 9.90 Å². The van der Waals surface area contributed by atoms with Crippen molar-refractivity contribution in [2.75, 3.05) is 31.6 Å². The molecule has 3 rings (SSSR count). The molecule has 2 heterocycles. The van der Waals surface area contributed by atoms with Gasteiger partial charge in [-0.15, -0.1) is 10.2 Å². The highest BCUT2D eigenvalue weighted by Crippen LogP contribution is 2.31. The van der Waals surface area contributed by atoms with Crippen molar-refractivity contribution in [3.63, 3.8) is 0 Å². The van der Waals surface area contributed by atoms with Crippen molar-refractivity contribution in [1.29, 1.82) is 0 Å². The molecule has 0 aliphatic carbocycles. The summed E-state index contributed by atoms with van der Waals surface area (Å²) in [5, 5.41) is 11.4. The number of halogens is 2. The lowest BCUT2D eigenvalue weighted by Gasteiger charge is -2.26. The minimum atomic E-state index is -3.88. The number of hydrogen-bond donors (Lipinski definition) is 1. The Morgan fingerprint density at radius 3 is 2.59 bits per heavy atom. The molecule has 1 aromatic carbocycles. The molecule has 0 unspecified atom stereocenters. The second-order valence-electron chi connectivity index (χ2n) is 5.59. The molecule has 146 valence electrons. The molecular formula is C15H16Cl2N4O4S2. The van der Waals surface area contributed by atoms with Crippen LogP contribution < -0.4 is 5.32 Å². The third kappa shape index (κ3) is 4.41. The first-order valence-electron chi connectivity index (χ1n) is 8.03. The molecule has 1 aromatic heterocycles. The lowest BCUT2D eigenvalue weighted by Crippen LogP contribution is -2.40. The van der Waals surface area contributed by atoms with Crippen molar-refractivity contribution >= 4 is 55.6 Å². The molecule has 1 aliphatic heterocycles. The van der Waals surface area contributed by atoms with Gasteiger partial charge in [0, 0.05) is 13.1 Å². The smallest absolute Gasteiger partial charge is 0.259 e. The predicted octanol–water partition coefficient (Wildman–Crippen LogP) is 2.68. The Bertz CT molecular complexity index is 959. The van der Waals surface area contributed by atoms with Crippen LogP contribution in [0.5, 0.6) is 0 Å². The normalized spacial score (nSPS) is 15.7. The highest BCUT2D eigenvalue weighted by atomic mass is 35.5. The van der Waals surface area contributed by atoms with Crippen LogP contribution in [-0.2, 0) is 21.2 Å². The lowest BCUT2D eigenvalue weighted by atomic mass is 10.2. The average molecular weight is 451 g/mol. The maximum atomic E-state index is 12.9. The van der Waals surface area contributed by atoms with E-state index in [1.54, 1.807) is 0 Å². The van der Waals surface area contributed by atoms with Crippen molar-refractivity contribution < 1.29 is 17.9 Å². The number of carbonyl (C=O) groups is 1. The van der Waals surface area contributed by atoms with Crippen LogP contribution in [0.2, 0.25) is 10.0 Å². The molecule has 2 aromatic rings. The van der Waals surface area contributed by atoms with E-state index in [4.69, 9.17) is 27.9 Å². The van der Waals surface area contributed by atoms with E-state index >= 15 is 0 Å². The number of amides is 1. The lowest BCUT2D eigenvalue weighted by molar-refractivity contribution is 0.0730. The molecule has 0 saturated carbocycles. The fourth-order valence-electron chi connectivity index (χ4n) is 2.44. The Balaban J connectivity index is 1.92. The van der Waals surface area contributed by atoms with E-state index in [1.165, 1.54) is 27.8 Å². The number of nitrogens with one attached hydrogen (secondary N) is 1. The third-order valence-corrected chi connectivity index (χ3v) is 7.50. The van der Waals surface area contributed by atoms with E-state index in [1.807, 2.05) is 6.92 Å². The Hall–Kier alpha value is -1.30. The van der Waals surface area contributed by atoms with E-state index in [2.05, 4.69) is 15.5 Å². The summed E-state index contributed by atoms with van der Waals surface area (Å²) in [6, 6.07) is 2.44. The maximum Gasteiger partial charge on any atom is 0.259 e. The molecular weight excluding hydrogens is 435 g/mol. The molecule has 12 heteroatoms. The Kier molecular flexibility index (Phi) is 6.34. The number of hydrogen-bond acceptors (Lipinski definition) is 7. The molecule has 0 bridgehead atoms. The van der Waals surface area contributed by atoms with Gasteiger partial charge in [0.05, 0.1) is 28.8 Å². The number of aromatic nitrogens is 2. The van der Waals surface area contributed by atoms with Crippen LogP contribution in [0.1, 0.15) is 22.3 Å². The van der Waals surface area contributed by atoms with Gasteiger partial charge < -0.3 is 4.74 Å². The number of benzene rings is 1. The van der Waals surface area contributed by atoms with Crippen molar-refractivity contribution in [3.8, 4) is 0 Å². The number of nitrogens with zero attached hydrogens (tertiary/aromatic N) is 3. The molecule has 8 nitrogen and oxygen atoms in total. The number of ether oxygens (including phenoxy) is 1. The number of aryl methyl sites for hydroxylation is 1. The van der Waals surface area contributed by atoms with Crippen LogP contribution >= 0.6 is 34.5 Å². The van der Waals surface area contributed by atoms with E-state index in [9.17, 15) is 13.2 Å². The average Bonchev–Trinajstić information content (AvgIpc) is 3.09. The van der Waals surface area contributed by atoms with E-state index in [-0.39, 0.29) is 33.6 Å². The van der Waals surface area contributed by atoms with Gasteiger partial charge in [-0.2, -0.15) is 4.31 Å². The zero-order valence-electron chi connectivity index (χ0n) is 14.2. The van der Waals surface area contributed by atoms with Gasteiger partial charge in [0.15, 0.2) is 0 Å². The first-order chi connectivity index (χ1) is 12.8. The van der Waals surface area contributed by atoms with Gasteiger partial charge >= 0.3 is 0 Å². The molecule has 1 fully saturated rings. The Morgan fingerprint density at radius 1 is 1.26 bits per heavy atom. The summed E-state index contributed by atoms with van der Waals surface area (Å²) in [4.78, 5) is 12.4. The van der Waals surface area contributed by atoms with Gasteiger partial charge in [-0.05, 0) is 18.6 Å². The van der Waals surface area contributed by atoms with Gasteiger partial charge in [0.2, 0.25) is 15.2 Å². The molecule has 1 amide bonds. The fourth-order valence-corrected chi connectivity index (χ4v) is 5.35. The van der Waals surface area contributed by atoms with E-state index in [0.29, 0.717) is 24.8 Å². The summed E-state index contributed by atoms with van der Waals surface area (Å²) in [5.74, 6) is -0.589. The van der Waals surface area contributed by atoms with Crippen LogP contribution in [0.25, 0.3) is 0 Å². The first kappa shape index (κ1) is 20.4. The summed E-state index contributed by atoms with van der Waals surface area (Å²) in [6.07, 6.45) is 0.692. The quantitative estimate of drug-likeness (QED) is 0.750. The molecule has 0 spiro atoms. The van der Waals surface area contributed by atoms with Crippen molar-refractivity contribution in [2.24, 2.45) is 0 Å². The number of anilines is 1. The zero-order chi connectivity index (χ0) is 19.6. The molecule has 1 saturated heterocycles. The number of sulfonamides is 1. The summed E-state index contributed by atoms with van der Waals surface area (Å²) >= 11 is 13.5. The molecule has 0 radical (unpaired) electrons. The van der Waals surface area contributed by atoms with E-state index < -0.39 is 15.9 Å². The van der Waals surface area contributed by atoms with Crippen LogP contribution in [0.3, 0.4) is 0 Å². The van der Waals surface area contributed by atoms with Crippen molar-refractivity contribution in [3.05, 3.63) is 32.7 Å². The van der Waals surface area contributed by atoms with Gasteiger partial charge in [0.25, 0.3) is 5.91 Å². The number of carbonyl (C=O) groups excluding carboxylic acids is 1. The Morgan fingerprint density at radius 2 is 1.96 bits per heavy atom. The van der Waals surface area contributed by atoms with Gasteiger partial charge in [-0.3, -0.25) is 10.1 Å². The van der Waals surface area contributed by atoms with E-state index in [0.717, 1.165) is 5.01 Å². The molecule has 1 aliphatic rings. The van der Waals surface area contributed by atoms with Crippen LogP contribution in [-0.4, -0.2) is 55.1 Å². The Labute approximate surface area is 170 Å². The number of morpholine rings is 1. The van der Waals surface area contributed by atoms with Crippen molar-refractivity contribution in [2.45, 2.75) is 18.2 Å². The summed E-state index contributed by atoms with van der Waals surface area (Å²) in [6.45, 7) is 2.95. The highest BCUT2D eigenvalue weighted by Gasteiger charge is 2.30. The second kappa shape index (κ2) is 8.38. The van der Waals surface area contributed by atoms with Crippen LogP contribution in [0, 0.1) is 0 Å². The van der Waals surface area contributed by atoms with Gasteiger partial charge in [-0.25, -0.2) is 8.42 Å².